The molecule has 6 nitrogen and oxygen atoms in total. The third kappa shape index (κ3) is 4.87. The van der Waals surface area contributed by atoms with Gasteiger partial charge in [0.2, 0.25) is 0 Å². The third-order valence-corrected chi connectivity index (χ3v) is 6.54. The van der Waals surface area contributed by atoms with Crippen molar-refractivity contribution in [3.05, 3.63) is 77.6 Å². The highest BCUT2D eigenvalue weighted by atomic mass is 16.5. The lowest BCUT2D eigenvalue weighted by Crippen LogP contribution is -2.50. The van der Waals surface area contributed by atoms with Crippen LogP contribution in [-0.4, -0.2) is 52.2 Å². The molecule has 5 rings (SSSR count). The van der Waals surface area contributed by atoms with Gasteiger partial charge >= 0.3 is 0 Å². The van der Waals surface area contributed by atoms with E-state index in [2.05, 4.69) is 66.3 Å². The Kier molecular flexibility index (Phi) is 6.29. The van der Waals surface area contributed by atoms with Crippen molar-refractivity contribution < 1.29 is 9.53 Å². The van der Waals surface area contributed by atoms with E-state index in [0.29, 0.717) is 13.2 Å². The van der Waals surface area contributed by atoms with E-state index >= 15 is 0 Å². The van der Waals surface area contributed by atoms with Gasteiger partial charge in [-0.2, -0.15) is 0 Å². The predicted octanol–water partition coefficient (Wildman–Crippen LogP) is 3.95. The lowest BCUT2D eigenvalue weighted by molar-refractivity contribution is -0.148. The molecular weight excluding hydrogens is 412 g/mol. The molecule has 1 saturated heterocycles. The van der Waals surface area contributed by atoms with E-state index in [4.69, 9.17) is 9.72 Å². The lowest BCUT2D eigenvalue weighted by Gasteiger charge is -2.33. The maximum Gasteiger partial charge on any atom is 0.253 e. The van der Waals surface area contributed by atoms with Crippen molar-refractivity contribution in [1.82, 2.24) is 19.8 Å². The van der Waals surface area contributed by atoms with Crippen LogP contribution in [0.25, 0.3) is 11.4 Å². The molecule has 172 valence electrons. The minimum absolute atomic E-state index is 0.0755. The first kappa shape index (κ1) is 21.9. The largest absolute Gasteiger partial charge is 0.366 e. The number of nitrogens with one attached hydrogen (secondary N) is 1. The first-order valence-corrected chi connectivity index (χ1v) is 11.9. The average molecular weight is 445 g/mol. The summed E-state index contributed by atoms with van der Waals surface area (Å²) in [5.74, 6) is 1.00. The Labute approximate surface area is 195 Å². The summed E-state index contributed by atoms with van der Waals surface area (Å²) in [7, 11) is 0. The van der Waals surface area contributed by atoms with Crippen LogP contribution in [0, 0.1) is 6.92 Å². The highest BCUT2D eigenvalue weighted by Gasteiger charge is 2.40. The van der Waals surface area contributed by atoms with E-state index in [1.54, 1.807) is 0 Å². The summed E-state index contributed by atoms with van der Waals surface area (Å²) in [6.45, 7) is 6.88. The number of morpholine rings is 1. The van der Waals surface area contributed by atoms with Crippen molar-refractivity contribution in [2.75, 3.05) is 19.7 Å². The van der Waals surface area contributed by atoms with Crippen LogP contribution in [-0.2, 0) is 16.1 Å². The SMILES string of the molecule is Cc1ccc(Cn2cc([C@@H](C)N(C(=O)[C@H]3CNCCO3)C3CC3)nc2-c2ccccc2)cc1. The minimum atomic E-state index is -0.412. The molecule has 0 bridgehead atoms. The molecule has 6 heteroatoms. The van der Waals surface area contributed by atoms with Crippen LogP contribution in [0.2, 0.25) is 0 Å². The average Bonchev–Trinajstić information content (AvgIpc) is 3.60. The number of carbonyl (C=O) groups is 1. The van der Waals surface area contributed by atoms with E-state index in [1.165, 1.54) is 11.1 Å². The summed E-state index contributed by atoms with van der Waals surface area (Å²) < 4.78 is 8.00. The zero-order chi connectivity index (χ0) is 22.8. The monoisotopic (exact) mass is 444 g/mol. The van der Waals surface area contributed by atoms with Crippen LogP contribution in [0.5, 0.6) is 0 Å². The fourth-order valence-electron chi connectivity index (χ4n) is 4.54. The number of hydrogen-bond donors (Lipinski definition) is 1. The van der Waals surface area contributed by atoms with Crippen molar-refractivity contribution in [2.24, 2.45) is 0 Å². The van der Waals surface area contributed by atoms with Crippen LogP contribution in [0.4, 0.5) is 0 Å². The summed E-state index contributed by atoms with van der Waals surface area (Å²) >= 11 is 0. The second kappa shape index (κ2) is 9.49. The molecule has 0 radical (unpaired) electrons. The first-order chi connectivity index (χ1) is 16.1. The second-order valence-corrected chi connectivity index (χ2v) is 9.19. The van der Waals surface area contributed by atoms with E-state index < -0.39 is 6.10 Å². The molecule has 1 saturated carbocycles. The van der Waals surface area contributed by atoms with Gasteiger partial charge in [-0.3, -0.25) is 4.79 Å². The molecule has 1 aromatic heterocycles. The van der Waals surface area contributed by atoms with Crippen LogP contribution >= 0.6 is 0 Å². The Bertz CT molecular complexity index is 1080. The maximum absolute atomic E-state index is 13.4. The molecule has 2 fully saturated rings. The van der Waals surface area contributed by atoms with Crippen LogP contribution in [0.3, 0.4) is 0 Å². The number of aromatic nitrogens is 2. The van der Waals surface area contributed by atoms with Crippen molar-refractivity contribution in [2.45, 2.75) is 51.4 Å². The highest BCUT2D eigenvalue weighted by molar-refractivity contribution is 5.82. The number of ether oxygens (including phenoxy) is 1. The summed E-state index contributed by atoms with van der Waals surface area (Å²) in [5, 5.41) is 3.28. The molecule has 33 heavy (non-hydrogen) atoms. The zero-order valence-electron chi connectivity index (χ0n) is 19.4. The summed E-state index contributed by atoms with van der Waals surface area (Å²) in [6.07, 6.45) is 3.80. The van der Waals surface area contributed by atoms with Gasteiger partial charge < -0.3 is 19.5 Å². The number of nitrogens with zero attached hydrogens (tertiary/aromatic N) is 3. The van der Waals surface area contributed by atoms with Crippen LogP contribution in [0.15, 0.2) is 60.8 Å². The van der Waals surface area contributed by atoms with Gasteiger partial charge in [0.05, 0.1) is 18.3 Å². The van der Waals surface area contributed by atoms with Gasteiger partial charge in [0, 0.05) is 37.4 Å². The molecule has 1 amide bonds. The van der Waals surface area contributed by atoms with Gasteiger partial charge in [0.25, 0.3) is 5.91 Å². The summed E-state index contributed by atoms with van der Waals surface area (Å²) in [5.41, 5.74) is 4.48. The number of rotatable bonds is 7. The number of benzene rings is 2. The molecule has 1 aliphatic heterocycles. The highest BCUT2D eigenvalue weighted by Crippen LogP contribution is 2.36. The van der Waals surface area contributed by atoms with Gasteiger partial charge in [-0.1, -0.05) is 60.2 Å². The predicted molar refractivity (Wildman–Crippen MR) is 129 cm³/mol. The Balaban J connectivity index is 1.47. The molecular formula is C27H32N4O2. The van der Waals surface area contributed by atoms with E-state index in [0.717, 1.165) is 43.0 Å². The van der Waals surface area contributed by atoms with Crippen molar-refractivity contribution in [3.8, 4) is 11.4 Å². The Morgan fingerprint density at radius 1 is 1.18 bits per heavy atom. The number of aryl methyl sites for hydroxylation is 1. The van der Waals surface area contributed by atoms with E-state index in [1.807, 2.05) is 23.1 Å². The van der Waals surface area contributed by atoms with Crippen LogP contribution in [0.1, 0.15) is 42.6 Å². The number of hydrogen-bond acceptors (Lipinski definition) is 4. The first-order valence-electron chi connectivity index (χ1n) is 11.9. The molecule has 2 aliphatic rings. The van der Waals surface area contributed by atoms with Gasteiger partial charge in [-0.15, -0.1) is 0 Å². The normalized spacial score (nSPS) is 19.3. The summed E-state index contributed by atoms with van der Waals surface area (Å²) in [6, 6.07) is 19.1. The van der Waals surface area contributed by atoms with Crippen molar-refractivity contribution >= 4 is 5.91 Å². The molecule has 2 atom stereocenters. The lowest BCUT2D eigenvalue weighted by atomic mass is 10.1. The zero-order valence-corrected chi connectivity index (χ0v) is 19.4. The van der Waals surface area contributed by atoms with E-state index in [9.17, 15) is 4.79 Å². The smallest absolute Gasteiger partial charge is 0.253 e. The van der Waals surface area contributed by atoms with Crippen molar-refractivity contribution in [1.29, 1.82) is 0 Å². The molecule has 0 spiro atoms. The number of amides is 1. The molecule has 2 heterocycles. The molecule has 3 aromatic rings. The van der Waals surface area contributed by atoms with Crippen LogP contribution < -0.4 is 5.32 Å². The van der Waals surface area contributed by atoms with Gasteiger partial charge in [-0.25, -0.2) is 4.98 Å². The minimum Gasteiger partial charge on any atom is -0.366 e. The van der Waals surface area contributed by atoms with Gasteiger partial charge in [0.1, 0.15) is 11.9 Å². The molecule has 1 aliphatic carbocycles. The maximum atomic E-state index is 13.4. The fraction of sp³-hybridized carbons (Fsp3) is 0.407. The van der Waals surface area contributed by atoms with Crippen molar-refractivity contribution in [3.63, 3.8) is 0 Å². The standard InChI is InChI=1S/C27H32N4O2/c1-19-8-10-21(11-9-19)17-30-18-24(29-26(30)22-6-4-3-5-7-22)20(2)31(23-12-13-23)27(32)25-16-28-14-15-33-25/h3-11,18,20,23,25,28H,12-17H2,1-2H3/t20-,25-/m1/s1. The number of carbonyl (C=O) groups excluding carboxylic acids is 1. The molecule has 1 N–H and O–H groups in total. The number of imidazole rings is 1. The quantitative estimate of drug-likeness (QED) is 0.600. The molecule has 2 aromatic carbocycles. The second-order valence-electron chi connectivity index (χ2n) is 9.19. The molecule has 0 unspecified atom stereocenters. The van der Waals surface area contributed by atoms with Gasteiger partial charge in [0.15, 0.2) is 0 Å². The van der Waals surface area contributed by atoms with Gasteiger partial charge in [-0.05, 0) is 32.3 Å². The Hall–Kier alpha value is -2.96. The topological polar surface area (TPSA) is 59.4 Å². The summed E-state index contributed by atoms with van der Waals surface area (Å²) in [4.78, 5) is 20.5. The Morgan fingerprint density at radius 2 is 1.94 bits per heavy atom. The third-order valence-electron chi connectivity index (χ3n) is 6.54. The fourth-order valence-corrected chi connectivity index (χ4v) is 4.54. The Morgan fingerprint density at radius 3 is 2.61 bits per heavy atom. The van der Waals surface area contributed by atoms with E-state index in [-0.39, 0.29) is 18.0 Å².